The van der Waals surface area contributed by atoms with E-state index in [0.717, 1.165) is 10.2 Å². The summed E-state index contributed by atoms with van der Waals surface area (Å²) in [6.07, 6.45) is 1.71. The quantitative estimate of drug-likeness (QED) is 0.521. The molecule has 0 unspecified atom stereocenters. The second-order valence-electron chi connectivity index (χ2n) is 3.54. The van der Waals surface area contributed by atoms with Crippen LogP contribution in [0.2, 0.25) is 0 Å². The predicted octanol–water partition coefficient (Wildman–Crippen LogP) is 3.78. The van der Waals surface area contributed by atoms with Gasteiger partial charge < -0.3 is 10.1 Å². The molecular weight excluding hydrogens is 306 g/mol. The topological polar surface area (TPSA) is 57.4 Å². The zero-order valence-corrected chi connectivity index (χ0v) is 11.5. The van der Waals surface area contributed by atoms with Crippen LogP contribution in [-0.4, -0.2) is 6.02 Å². The maximum Gasteiger partial charge on any atom is 0.310 e. The Kier molecular flexibility index (Phi) is 4.54. The molecule has 0 aromatic heterocycles. The molecule has 0 spiro atoms. The summed E-state index contributed by atoms with van der Waals surface area (Å²) in [5.41, 5.74) is 0.771. The van der Waals surface area contributed by atoms with Crippen molar-refractivity contribution < 1.29 is 4.74 Å². The van der Waals surface area contributed by atoms with E-state index in [2.05, 4.69) is 26.2 Å². The Morgan fingerprint density at radius 2 is 1.79 bits per heavy atom. The van der Waals surface area contributed by atoms with Crippen molar-refractivity contribution in [3.63, 3.8) is 0 Å². The van der Waals surface area contributed by atoms with Gasteiger partial charge in [-0.3, -0.25) is 0 Å². The summed E-state index contributed by atoms with van der Waals surface area (Å²) >= 11 is 3.41. The van der Waals surface area contributed by atoms with Gasteiger partial charge in [0.1, 0.15) is 5.75 Å². The Morgan fingerprint density at radius 3 is 2.47 bits per heavy atom. The molecule has 0 bridgehead atoms. The molecule has 0 aliphatic heterocycles. The molecule has 19 heavy (non-hydrogen) atoms. The van der Waals surface area contributed by atoms with Crippen molar-refractivity contribution in [1.82, 2.24) is 0 Å². The van der Waals surface area contributed by atoms with E-state index in [1.807, 2.05) is 42.5 Å². The third-order valence-electron chi connectivity index (χ3n) is 2.22. The summed E-state index contributed by atoms with van der Waals surface area (Å²) in [7, 11) is 0. The minimum atomic E-state index is 0.126. The number of halogens is 1. The van der Waals surface area contributed by atoms with E-state index in [1.54, 1.807) is 18.3 Å². The minimum Gasteiger partial charge on any atom is -0.425 e. The minimum absolute atomic E-state index is 0.126. The number of aliphatic imine (C=N–C) groups is 1. The molecule has 5 heteroatoms. The number of para-hydroxylation sites is 2. The zero-order valence-electron chi connectivity index (χ0n) is 9.88. The van der Waals surface area contributed by atoms with Gasteiger partial charge in [-0.2, -0.15) is 5.26 Å². The van der Waals surface area contributed by atoms with Gasteiger partial charge in [0, 0.05) is 4.47 Å². The summed E-state index contributed by atoms with van der Waals surface area (Å²) in [5.74, 6) is 0.607. The molecule has 0 amide bonds. The Labute approximate surface area is 119 Å². The van der Waals surface area contributed by atoms with E-state index >= 15 is 0 Å². The van der Waals surface area contributed by atoms with Gasteiger partial charge >= 0.3 is 6.02 Å². The van der Waals surface area contributed by atoms with Crippen LogP contribution in [0, 0.1) is 11.5 Å². The maximum absolute atomic E-state index is 8.69. The number of rotatable bonds is 2. The van der Waals surface area contributed by atoms with Crippen LogP contribution < -0.4 is 10.1 Å². The van der Waals surface area contributed by atoms with Crippen LogP contribution in [0.1, 0.15) is 0 Å². The molecule has 2 aromatic carbocycles. The van der Waals surface area contributed by atoms with E-state index in [4.69, 9.17) is 10.00 Å². The van der Waals surface area contributed by atoms with Gasteiger partial charge in [0.05, 0.1) is 5.69 Å². The maximum atomic E-state index is 8.69. The predicted molar refractivity (Wildman–Crippen MR) is 77.9 cm³/mol. The first-order chi connectivity index (χ1) is 9.29. The molecule has 0 aliphatic carbocycles. The van der Waals surface area contributed by atoms with Crippen LogP contribution in [0.3, 0.4) is 0 Å². The number of amidine groups is 1. The third-order valence-corrected chi connectivity index (χ3v) is 2.92. The second-order valence-corrected chi connectivity index (χ2v) is 4.39. The molecule has 1 N–H and O–H groups in total. The summed E-state index contributed by atoms with van der Waals surface area (Å²) in [4.78, 5) is 3.62. The van der Waals surface area contributed by atoms with Crippen molar-refractivity contribution in [2.75, 3.05) is 5.32 Å². The Bertz CT molecular complexity index is 620. The van der Waals surface area contributed by atoms with Crippen LogP contribution in [0.5, 0.6) is 5.75 Å². The van der Waals surface area contributed by atoms with Crippen molar-refractivity contribution >= 4 is 27.6 Å². The van der Waals surface area contributed by atoms with Gasteiger partial charge in [0.25, 0.3) is 0 Å². The lowest BCUT2D eigenvalue weighted by atomic mass is 10.3. The fourth-order valence-electron chi connectivity index (χ4n) is 1.40. The van der Waals surface area contributed by atoms with Crippen molar-refractivity contribution in [3.05, 3.63) is 59.1 Å². The molecule has 0 atom stereocenters. The number of nitrogens with zero attached hydrogens (tertiary/aromatic N) is 2. The highest BCUT2D eigenvalue weighted by Gasteiger charge is 2.05. The molecule has 2 aromatic rings. The van der Waals surface area contributed by atoms with Gasteiger partial charge in [-0.15, -0.1) is 4.99 Å². The van der Waals surface area contributed by atoms with E-state index in [1.165, 1.54) is 0 Å². The fourth-order valence-corrected chi connectivity index (χ4v) is 1.78. The number of nitriles is 1. The van der Waals surface area contributed by atoms with Gasteiger partial charge in [-0.1, -0.05) is 30.3 Å². The summed E-state index contributed by atoms with van der Waals surface area (Å²) in [6, 6.07) is 16.8. The van der Waals surface area contributed by atoms with Crippen LogP contribution in [0.25, 0.3) is 0 Å². The van der Waals surface area contributed by atoms with E-state index in [9.17, 15) is 0 Å². The van der Waals surface area contributed by atoms with Crippen LogP contribution >= 0.6 is 15.9 Å². The van der Waals surface area contributed by atoms with Gasteiger partial charge in [-0.25, -0.2) is 0 Å². The first-order valence-electron chi connectivity index (χ1n) is 5.51. The Balaban J connectivity index is 2.17. The van der Waals surface area contributed by atoms with Gasteiger partial charge in [-0.05, 0) is 40.2 Å². The molecule has 0 saturated heterocycles. The SMILES string of the molecule is N#C/N=C(/Nc1ccccc1Br)Oc1ccccc1. The van der Waals surface area contributed by atoms with Crippen molar-refractivity contribution in [1.29, 1.82) is 5.26 Å². The molecule has 0 fully saturated rings. The van der Waals surface area contributed by atoms with Gasteiger partial charge in [0.2, 0.25) is 6.19 Å². The van der Waals surface area contributed by atoms with E-state index < -0.39 is 0 Å². The molecule has 0 radical (unpaired) electrons. The van der Waals surface area contributed by atoms with Crippen LogP contribution in [0.4, 0.5) is 5.69 Å². The van der Waals surface area contributed by atoms with Gasteiger partial charge in [0.15, 0.2) is 0 Å². The number of hydrogen-bond donors (Lipinski definition) is 1. The Morgan fingerprint density at radius 1 is 1.11 bits per heavy atom. The second kappa shape index (κ2) is 6.57. The summed E-state index contributed by atoms with van der Waals surface area (Å²) in [5, 5.41) is 11.6. The summed E-state index contributed by atoms with van der Waals surface area (Å²) < 4.78 is 6.37. The molecule has 0 aliphatic rings. The number of nitrogens with one attached hydrogen (secondary N) is 1. The highest BCUT2D eigenvalue weighted by atomic mass is 79.9. The largest absolute Gasteiger partial charge is 0.425 e. The normalized spacial score (nSPS) is 10.6. The smallest absolute Gasteiger partial charge is 0.310 e. The first kappa shape index (κ1) is 13.1. The van der Waals surface area contributed by atoms with Crippen molar-refractivity contribution in [3.8, 4) is 11.9 Å². The van der Waals surface area contributed by atoms with Crippen molar-refractivity contribution in [2.45, 2.75) is 0 Å². The van der Waals surface area contributed by atoms with Crippen LogP contribution in [0.15, 0.2) is 64.1 Å². The monoisotopic (exact) mass is 315 g/mol. The molecule has 0 heterocycles. The van der Waals surface area contributed by atoms with E-state index in [-0.39, 0.29) is 6.02 Å². The van der Waals surface area contributed by atoms with Crippen LogP contribution in [-0.2, 0) is 0 Å². The first-order valence-corrected chi connectivity index (χ1v) is 6.30. The lowest BCUT2D eigenvalue weighted by molar-refractivity contribution is 0.549. The highest BCUT2D eigenvalue weighted by molar-refractivity contribution is 9.10. The highest BCUT2D eigenvalue weighted by Crippen LogP contribution is 2.21. The lowest BCUT2D eigenvalue weighted by Crippen LogP contribution is -2.19. The molecule has 94 valence electrons. The van der Waals surface area contributed by atoms with Crippen molar-refractivity contribution in [2.24, 2.45) is 4.99 Å². The number of benzene rings is 2. The number of ether oxygens (including phenoxy) is 1. The van der Waals surface area contributed by atoms with E-state index in [0.29, 0.717) is 5.75 Å². The molecule has 2 rings (SSSR count). The molecule has 0 saturated carbocycles. The number of hydrogen-bond acceptors (Lipinski definition) is 3. The Hall–Kier alpha value is -2.32. The molecular formula is C14H10BrN3O. The standard InChI is InChI=1S/C14H10BrN3O/c15-12-8-4-5-9-13(12)18-14(17-10-16)19-11-6-2-1-3-7-11/h1-9H,(H,17,18). The zero-order chi connectivity index (χ0) is 13.5. The third kappa shape index (κ3) is 3.83. The molecule has 4 nitrogen and oxygen atoms in total. The number of anilines is 1. The average molecular weight is 316 g/mol. The lowest BCUT2D eigenvalue weighted by Gasteiger charge is -2.10. The summed E-state index contributed by atoms with van der Waals surface area (Å²) in [6.45, 7) is 0. The fraction of sp³-hybridized carbons (Fsp3) is 0. The average Bonchev–Trinajstić information content (AvgIpc) is 2.43.